The molecule has 1 saturated heterocycles. The molecule has 1 fully saturated rings. The van der Waals surface area contributed by atoms with Crippen molar-refractivity contribution in [2.45, 2.75) is 46.1 Å². The van der Waals surface area contributed by atoms with Crippen LogP contribution in [0.15, 0.2) is 6.07 Å². The van der Waals surface area contributed by atoms with Crippen LogP contribution in [0.4, 0.5) is 5.95 Å². The fraction of sp³-hybridized carbons (Fsp3) is 0.714. The molecule has 1 aliphatic heterocycles. The molecule has 0 aliphatic carbocycles. The second kappa shape index (κ2) is 5.22. The number of aryl methyl sites for hydroxylation is 1. The van der Waals surface area contributed by atoms with E-state index < -0.39 is 0 Å². The van der Waals surface area contributed by atoms with Crippen molar-refractivity contribution in [2.24, 2.45) is 11.7 Å². The van der Waals surface area contributed by atoms with E-state index in [2.05, 4.69) is 41.7 Å². The number of hydrogen-bond donors (Lipinski definition) is 1. The zero-order valence-corrected chi connectivity index (χ0v) is 11.8. The molecule has 18 heavy (non-hydrogen) atoms. The Balaban J connectivity index is 2.23. The van der Waals surface area contributed by atoms with E-state index in [1.807, 2.05) is 6.92 Å². The van der Waals surface area contributed by atoms with Crippen LogP contribution in [0.2, 0.25) is 0 Å². The quantitative estimate of drug-likeness (QED) is 0.870. The van der Waals surface area contributed by atoms with Crippen LogP contribution in [0.1, 0.15) is 44.5 Å². The minimum atomic E-state index is 0.227. The van der Waals surface area contributed by atoms with Crippen molar-refractivity contribution in [3.63, 3.8) is 0 Å². The van der Waals surface area contributed by atoms with Crippen molar-refractivity contribution in [3.05, 3.63) is 17.5 Å². The van der Waals surface area contributed by atoms with Crippen molar-refractivity contribution in [1.82, 2.24) is 9.97 Å². The van der Waals surface area contributed by atoms with Gasteiger partial charge in [0.05, 0.1) is 0 Å². The van der Waals surface area contributed by atoms with Gasteiger partial charge in [-0.25, -0.2) is 9.97 Å². The van der Waals surface area contributed by atoms with E-state index >= 15 is 0 Å². The van der Waals surface area contributed by atoms with Gasteiger partial charge in [0.25, 0.3) is 0 Å². The van der Waals surface area contributed by atoms with Crippen molar-refractivity contribution in [1.29, 1.82) is 0 Å². The third-order valence-corrected chi connectivity index (χ3v) is 3.75. The first-order valence-electron chi connectivity index (χ1n) is 6.83. The van der Waals surface area contributed by atoms with Crippen molar-refractivity contribution >= 4 is 5.95 Å². The van der Waals surface area contributed by atoms with Gasteiger partial charge in [0, 0.05) is 30.5 Å². The summed E-state index contributed by atoms with van der Waals surface area (Å²) in [6, 6.07) is 2.30. The fourth-order valence-electron chi connectivity index (χ4n) is 2.29. The molecule has 2 rings (SSSR count). The van der Waals surface area contributed by atoms with E-state index in [1.165, 1.54) is 0 Å². The predicted octanol–water partition coefficient (Wildman–Crippen LogP) is 2.08. The number of piperidine rings is 1. The van der Waals surface area contributed by atoms with E-state index in [0.29, 0.717) is 11.8 Å². The molecular weight excluding hydrogens is 224 g/mol. The zero-order chi connectivity index (χ0) is 13.3. The lowest BCUT2D eigenvalue weighted by atomic mass is 9.94. The van der Waals surface area contributed by atoms with Gasteiger partial charge < -0.3 is 10.6 Å². The molecule has 2 unspecified atom stereocenters. The third kappa shape index (κ3) is 2.80. The Morgan fingerprint density at radius 2 is 2.11 bits per heavy atom. The van der Waals surface area contributed by atoms with E-state index in [9.17, 15) is 0 Å². The molecule has 2 heterocycles. The summed E-state index contributed by atoms with van der Waals surface area (Å²) in [6.07, 6.45) is 1.12. The SMILES string of the molecule is Cc1cc(C(C)C)nc(N2CCC(C)C(N)C2)n1. The Morgan fingerprint density at radius 1 is 1.39 bits per heavy atom. The predicted molar refractivity (Wildman–Crippen MR) is 74.8 cm³/mol. The highest BCUT2D eigenvalue weighted by Crippen LogP contribution is 2.22. The minimum Gasteiger partial charge on any atom is -0.339 e. The minimum absolute atomic E-state index is 0.227. The van der Waals surface area contributed by atoms with E-state index in [-0.39, 0.29) is 6.04 Å². The first-order chi connectivity index (χ1) is 8.47. The highest BCUT2D eigenvalue weighted by atomic mass is 15.3. The molecule has 100 valence electrons. The van der Waals surface area contributed by atoms with Crippen LogP contribution >= 0.6 is 0 Å². The molecular formula is C14H24N4. The van der Waals surface area contributed by atoms with Crippen molar-refractivity contribution in [3.8, 4) is 0 Å². The Kier molecular flexibility index (Phi) is 3.85. The molecule has 0 spiro atoms. The largest absolute Gasteiger partial charge is 0.339 e. The normalized spacial score (nSPS) is 24.7. The van der Waals surface area contributed by atoms with Crippen molar-refractivity contribution in [2.75, 3.05) is 18.0 Å². The van der Waals surface area contributed by atoms with Gasteiger partial charge in [0.1, 0.15) is 0 Å². The summed E-state index contributed by atoms with van der Waals surface area (Å²) < 4.78 is 0. The average molecular weight is 248 g/mol. The molecule has 2 N–H and O–H groups in total. The highest BCUT2D eigenvalue weighted by molar-refractivity contribution is 5.34. The highest BCUT2D eigenvalue weighted by Gasteiger charge is 2.25. The van der Waals surface area contributed by atoms with Crippen LogP contribution in [0, 0.1) is 12.8 Å². The Labute approximate surface area is 110 Å². The summed E-state index contributed by atoms with van der Waals surface area (Å²) in [7, 11) is 0. The number of nitrogens with two attached hydrogens (primary N) is 1. The van der Waals surface area contributed by atoms with Gasteiger partial charge >= 0.3 is 0 Å². The smallest absolute Gasteiger partial charge is 0.225 e. The molecule has 2 atom stereocenters. The van der Waals surface area contributed by atoms with Crippen LogP contribution in [-0.2, 0) is 0 Å². The van der Waals surface area contributed by atoms with Crippen molar-refractivity contribution < 1.29 is 0 Å². The van der Waals surface area contributed by atoms with Gasteiger partial charge in [-0.05, 0) is 31.2 Å². The standard InChI is InChI=1S/C14H24N4/c1-9(2)13-7-11(4)16-14(17-13)18-6-5-10(3)12(15)8-18/h7,9-10,12H,5-6,8,15H2,1-4H3. The maximum absolute atomic E-state index is 6.14. The summed E-state index contributed by atoms with van der Waals surface area (Å²) in [5, 5.41) is 0. The van der Waals surface area contributed by atoms with Gasteiger partial charge in [0.2, 0.25) is 5.95 Å². The first-order valence-corrected chi connectivity index (χ1v) is 6.83. The summed E-state index contributed by atoms with van der Waals surface area (Å²) in [4.78, 5) is 11.5. The monoisotopic (exact) mass is 248 g/mol. The number of rotatable bonds is 2. The lowest BCUT2D eigenvalue weighted by molar-refractivity contribution is 0.376. The van der Waals surface area contributed by atoms with Gasteiger partial charge in [-0.1, -0.05) is 20.8 Å². The van der Waals surface area contributed by atoms with E-state index in [4.69, 9.17) is 5.73 Å². The number of nitrogens with zero attached hydrogens (tertiary/aromatic N) is 3. The van der Waals surface area contributed by atoms with Crippen LogP contribution in [-0.4, -0.2) is 29.1 Å². The van der Waals surface area contributed by atoms with Crippen LogP contribution in [0.25, 0.3) is 0 Å². The zero-order valence-electron chi connectivity index (χ0n) is 11.8. The molecule has 0 saturated carbocycles. The Bertz CT molecular complexity index is 416. The number of hydrogen-bond acceptors (Lipinski definition) is 4. The van der Waals surface area contributed by atoms with Gasteiger partial charge in [-0.15, -0.1) is 0 Å². The summed E-state index contributed by atoms with van der Waals surface area (Å²) in [5.41, 5.74) is 8.30. The van der Waals surface area contributed by atoms with E-state index in [1.54, 1.807) is 0 Å². The van der Waals surface area contributed by atoms with Gasteiger partial charge in [0.15, 0.2) is 0 Å². The first kappa shape index (κ1) is 13.3. The summed E-state index contributed by atoms with van der Waals surface area (Å²) in [5.74, 6) is 1.87. The Morgan fingerprint density at radius 3 is 2.72 bits per heavy atom. The third-order valence-electron chi connectivity index (χ3n) is 3.75. The second-order valence-electron chi connectivity index (χ2n) is 5.76. The number of anilines is 1. The number of aromatic nitrogens is 2. The molecule has 0 radical (unpaired) electrons. The van der Waals surface area contributed by atoms with Crippen LogP contribution in [0.5, 0.6) is 0 Å². The maximum Gasteiger partial charge on any atom is 0.225 e. The van der Waals surface area contributed by atoms with Gasteiger partial charge in [-0.2, -0.15) is 0 Å². The lowest BCUT2D eigenvalue weighted by Gasteiger charge is -2.35. The molecule has 1 aromatic heterocycles. The van der Waals surface area contributed by atoms with Crippen LogP contribution in [0.3, 0.4) is 0 Å². The molecule has 4 nitrogen and oxygen atoms in total. The van der Waals surface area contributed by atoms with Crippen LogP contribution < -0.4 is 10.6 Å². The van der Waals surface area contributed by atoms with E-state index in [0.717, 1.165) is 36.8 Å². The fourth-order valence-corrected chi connectivity index (χ4v) is 2.29. The molecule has 0 bridgehead atoms. The molecule has 1 aliphatic rings. The average Bonchev–Trinajstić information content (AvgIpc) is 2.31. The maximum atomic E-state index is 6.14. The summed E-state index contributed by atoms with van der Waals surface area (Å²) >= 11 is 0. The molecule has 4 heteroatoms. The second-order valence-corrected chi connectivity index (χ2v) is 5.76. The molecule has 0 amide bonds. The lowest BCUT2D eigenvalue weighted by Crippen LogP contribution is -2.48. The molecule has 1 aromatic rings. The summed E-state index contributed by atoms with van der Waals surface area (Å²) in [6.45, 7) is 10.4. The molecule has 0 aromatic carbocycles. The van der Waals surface area contributed by atoms with Gasteiger partial charge in [-0.3, -0.25) is 0 Å². The Hall–Kier alpha value is -1.16. The topological polar surface area (TPSA) is 55.0 Å².